The van der Waals surface area contributed by atoms with Gasteiger partial charge < -0.3 is 10.6 Å². The maximum Gasteiger partial charge on any atom is 0.191 e. The highest BCUT2D eigenvalue weighted by Gasteiger charge is 2.33. The molecule has 0 radical (unpaired) electrons. The largest absolute Gasteiger partial charge is 0.370 e. The number of hydrogen-bond donors (Lipinski definition) is 1. The van der Waals surface area contributed by atoms with Crippen LogP contribution in [0.25, 0.3) is 0 Å². The number of guanidine groups is 1. The van der Waals surface area contributed by atoms with Crippen molar-refractivity contribution in [3.05, 3.63) is 18.0 Å². The average molecular weight is 304 g/mol. The van der Waals surface area contributed by atoms with Crippen molar-refractivity contribution >= 4 is 5.96 Å². The molecule has 1 saturated carbocycles. The number of rotatable bonds is 4. The normalized spacial score (nSPS) is 27.1. The number of aromatic nitrogens is 2. The topological polar surface area (TPSA) is 62.7 Å². The predicted molar refractivity (Wildman–Crippen MR) is 88.6 cm³/mol. The summed E-state index contributed by atoms with van der Waals surface area (Å²) in [6, 6.07) is 3.12. The first-order valence-electron chi connectivity index (χ1n) is 8.29. The van der Waals surface area contributed by atoms with Gasteiger partial charge in [0.25, 0.3) is 0 Å². The molecule has 0 bridgehead atoms. The van der Waals surface area contributed by atoms with Crippen molar-refractivity contribution in [3.63, 3.8) is 0 Å². The molecule has 1 aromatic heterocycles. The third kappa shape index (κ3) is 3.11. The highest BCUT2D eigenvalue weighted by Crippen LogP contribution is 2.35. The maximum atomic E-state index is 6.15. The highest BCUT2D eigenvalue weighted by atomic mass is 15.3. The Balaban J connectivity index is 1.72. The van der Waals surface area contributed by atoms with E-state index < -0.39 is 0 Å². The molecule has 1 aliphatic heterocycles. The van der Waals surface area contributed by atoms with E-state index in [4.69, 9.17) is 10.7 Å². The van der Waals surface area contributed by atoms with Gasteiger partial charge in [-0.3, -0.25) is 14.6 Å². The van der Waals surface area contributed by atoms with E-state index in [2.05, 4.69) is 35.1 Å². The zero-order valence-corrected chi connectivity index (χ0v) is 13.9. The van der Waals surface area contributed by atoms with Gasteiger partial charge in [0.05, 0.1) is 11.7 Å². The van der Waals surface area contributed by atoms with Gasteiger partial charge in [0.1, 0.15) is 0 Å². The van der Waals surface area contributed by atoms with E-state index in [0.29, 0.717) is 24.0 Å². The molecule has 1 saturated heterocycles. The van der Waals surface area contributed by atoms with Crippen molar-refractivity contribution in [1.82, 2.24) is 19.6 Å². The lowest BCUT2D eigenvalue weighted by atomic mass is 9.87. The fourth-order valence-electron chi connectivity index (χ4n) is 3.56. The van der Waals surface area contributed by atoms with Crippen LogP contribution < -0.4 is 5.73 Å². The van der Waals surface area contributed by atoms with Crippen molar-refractivity contribution in [2.75, 3.05) is 27.2 Å². The molecule has 1 aromatic rings. The van der Waals surface area contributed by atoms with Gasteiger partial charge >= 0.3 is 0 Å². The highest BCUT2D eigenvalue weighted by molar-refractivity contribution is 5.78. The molecule has 6 nitrogen and oxygen atoms in total. The summed E-state index contributed by atoms with van der Waals surface area (Å²) in [6.07, 6.45) is 6.80. The fourth-order valence-corrected chi connectivity index (χ4v) is 3.56. The smallest absolute Gasteiger partial charge is 0.191 e. The molecule has 0 aromatic carbocycles. The third-order valence-corrected chi connectivity index (χ3v) is 5.11. The van der Waals surface area contributed by atoms with Crippen molar-refractivity contribution < 1.29 is 0 Å². The Kier molecular flexibility index (Phi) is 4.38. The van der Waals surface area contributed by atoms with Crippen LogP contribution in [0, 0.1) is 5.92 Å². The molecule has 122 valence electrons. The number of likely N-dealkylation sites (tertiary alicyclic amines) is 1. The Morgan fingerprint density at radius 3 is 2.82 bits per heavy atom. The lowest BCUT2D eigenvalue weighted by Crippen LogP contribution is -2.40. The summed E-state index contributed by atoms with van der Waals surface area (Å²) in [4.78, 5) is 9.26. The summed E-state index contributed by atoms with van der Waals surface area (Å²) < 4.78 is 1.99. The van der Waals surface area contributed by atoms with Crippen LogP contribution in [-0.2, 0) is 7.05 Å². The second-order valence-corrected chi connectivity index (χ2v) is 6.75. The standard InChI is InChI=1S/C16H28N6/c1-20-10-4-5-12(15(20)14-8-9-19-22(14)3)11-18-16(17)21(2)13-6-7-13/h8-9,12-13,15H,4-7,10-11H2,1-3H3,(H2,17,18)/t12-,15+/m0/s1. The van der Waals surface area contributed by atoms with Gasteiger partial charge in [0, 0.05) is 32.9 Å². The molecule has 2 N–H and O–H groups in total. The van der Waals surface area contributed by atoms with Gasteiger partial charge in [-0.25, -0.2) is 0 Å². The summed E-state index contributed by atoms with van der Waals surface area (Å²) in [5.74, 6) is 1.19. The molecule has 2 fully saturated rings. The first-order chi connectivity index (χ1) is 10.6. The second-order valence-electron chi connectivity index (χ2n) is 6.75. The number of nitrogens with two attached hydrogens (primary N) is 1. The summed E-state index contributed by atoms with van der Waals surface area (Å²) in [6.45, 7) is 1.93. The predicted octanol–water partition coefficient (Wildman–Crippen LogP) is 1.21. The first-order valence-corrected chi connectivity index (χ1v) is 8.29. The summed E-state index contributed by atoms with van der Waals surface area (Å²) >= 11 is 0. The Morgan fingerprint density at radius 2 is 2.18 bits per heavy atom. The molecular formula is C16H28N6. The van der Waals surface area contributed by atoms with Crippen molar-refractivity contribution in [3.8, 4) is 0 Å². The van der Waals surface area contributed by atoms with Crippen LogP contribution in [0.3, 0.4) is 0 Å². The Bertz CT molecular complexity index is 532. The minimum atomic E-state index is 0.379. The summed E-state index contributed by atoms with van der Waals surface area (Å²) in [7, 11) is 6.28. The molecule has 0 amide bonds. The Hall–Kier alpha value is -1.56. The molecule has 1 aliphatic carbocycles. The zero-order chi connectivity index (χ0) is 15.7. The van der Waals surface area contributed by atoms with E-state index in [0.717, 1.165) is 13.1 Å². The van der Waals surface area contributed by atoms with Gasteiger partial charge in [0.15, 0.2) is 5.96 Å². The van der Waals surface area contributed by atoms with E-state index >= 15 is 0 Å². The van der Waals surface area contributed by atoms with Crippen molar-refractivity contribution in [2.24, 2.45) is 23.7 Å². The van der Waals surface area contributed by atoms with Crippen LogP contribution in [0.4, 0.5) is 0 Å². The number of hydrogen-bond acceptors (Lipinski definition) is 3. The molecule has 6 heteroatoms. The van der Waals surface area contributed by atoms with Gasteiger partial charge in [0.2, 0.25) is 0 Å². The van der Waals surface area contributed by atoms with E-state index in [9.17, 15) is 0 Å². The van der Waals surface area contributed by atoms with Crippen LogP contribution >= 0.6 is 0 Å². The average Bonchev–Trinajstić information content (AvgIpc) is 3.27. The summed E-state index contributed by atoms with van der Waals surface area (Å²) in [5, 5.41) is 4.34. The van der Waals surface area contributed by atoms with Crippen molar-refractivity contribution in [1.29, 1.82) is 0 Å². The molecule has 2 heterocycles. The number of nitrogens with zero attached hydrogens (tertiary/aromatic N) is 5. The quantitative estimate of drug-likeness (QED) is 0.671. The van der Waals surface area contributed by atoms with Crippen LogP contribution in [0.2, 0.25) is 0 Å². The maximum absolute atomic E-state index is 6.15. The Labute approximate surface area is 133 Å². The van der Waals surface area contributed by atoms with Crippen LogP contribution in [0.5, 0.6) is 0 Å². The van der Waals surface area contributed by atoms with Gasteiger partial charge in [-0.2, -0.15) is 5.10 Å². The molecule has 0 unspecified atom stereocenters. The van der Waals surface area contributed by atoms with E-state index in [1.165, 1.54) is 31.4 Å². The van der Waals surface area contributed by atoms with Crippen molar-refractivity contribution in [2.45, 2.75) is 37.8 Å². The number of aliphatic imine (C=N–C) groups is 1. The van der Waals surface area contributed by atoms with Gasteiger partial charge in [-0.05, 0) is 51.3 Å². The number of aryl methyl sites for hydroxylation is 1. The van der Waals surface area contributed by atoms with Gasteiger partial charge in [-0.15, -0.1) is 0 Å². The molecule has 2 atom stereocenters. The molecular weight excluding hydrogens is 276 g/mol. The van der Waals surface area contributed by atoms with E-state index in [1.807, 2.05) is 17.9 Å². The minimum absolute atomic E-state index is 0.379. The molecule has 3 rings (SSSR count). The molecule has 0 spiro atoms. The van der Waals surface area contributed by atoms with E-state index in [-0.39, 0.29) is 0 Å². The summed E-state index contributed by atoms with van der Waals surface area (Å²) in [5.41, 5.74) is 7.42. The molecule has 22 heavy (non-hydrogen) atoms. The van der Waals surface area contributed by atoms with Gasteiger partial charge in [-0.1, -0.05) is 0 Å². The first kappa shape index (κ1) is 15.3. The fraction of sp³-hybridized carbons (Fsp3) is 0.750. The van der Waals surface area contributed by atoms with Crippen LogP contribution in [0.1, 0.15) is 37.4 Å². The monoisotopic (exact) mass is 304 g/mol. The van der Waals surface area contributed by atoms with Crippen LogP contribution in [-0.4, -0.2) is 58.8 Å². The second kappa shape index (κ2) is 6.28. The zero-order valence-electron chi connectivity index (χ0n) is 13.9. The van der Waals surface area contributed by atoms with Crippen LogP contribution in [0.15, 0.2) is 17.3 Å². The number of piperidine rings is 1. The lowest BCUT2D eigenvalue weighted by molar-refractivity contribution is 0.118. The third-order valence-electron chi connectivity index (χ3n) is 5.11. The SMILES string of the molecule is CN(C(N)=NC[C@@H]1CCCN(C)[C@H]1c1ccnn1C)C1CC1. The molecule has 2 aliphatic rings. The minimum Gasteiger partial charge on any atom is -0.370 e. The lowest BCUT2D eigenvalue weighted by Gasteiger charge is -2.38. The van der Waals surface area contributed by atoms with E-state index in [1.54, 1.807) is 0 Å². The Morgan fingerprint density at radius 1 is 1.41 bits per heavy atom.